The van der Waals surface area contributed by atoms with Gasteiger partial charge in [-0.3, -0.25) is 28.9 Å². The van der Waals surface area contributed by atoms with E-state index < -0.39 is 17.8 Å². The van der Waals surface area contributed by atoms with Crippen molar-refractivity contribution in [3.63, 3.8) is 0 Å². The Morgan fingerprint density at radius 3 is 1.79 bits per heavy atom. The van der Waals surface area contributed by atoms with Gasteiger partial charge in [-0.2, -0.15) is 0 Å². The summed E-state index contributed by atoms with van der Waals surface area (Å²) in [6.07, 6.45) is -0.0702. The standard InChI is InChI=1S/C20H19N3O6/c1-10(24)21-13-6-12-7-14(22-11(2)25)9-16-18(12)15(8-13)19(28)23(20(16)29)5-3-4-17(26)27/h6-9H,3-5H2,1-2H3,(H,21,24)(H,22,25)(H,26,27). The van der Waals surface area contributed by atoms with Crippen molar-refractivity contribution in [1.29, 1.82) is 0 Å². The predicted octanol–water partition coefficient (Wildman–Crippen LogP) is 2.22. The third-order valence-corrected chi connectivity index (χ3v) is 4.41. The fourth-order valence-electron chi connectivity index (χ4n) is 3.38. The third kappa shape index (κ3) is 4.08. The van der Waals surface area contributed by atoms with Crippen LogP contribution in [0.5, 0.6) is 0 Å². The lowest BCUT2D eigenvalue weighted by Gasteiger charge is -2.28. The van der Waals surface area contributed by atoms with Crippen LogP contribution in [0.15, 0.2) is 24.3 Å². The lowest BCUT2D eigenvalue weighted by Crippen LogP contribution is -2.41. The molecule has 3 rings (SSSR count). The van der Waals surface area contributed by atoms with E-state index in [9.17, 15) is 24.0 Å². The van der Waals surface area contributed by atoms with Gasteiger partial charge in [-0.25, -0.2) is 0 Å². The van der Waals surface area contributed by atoms with Gasteiger partial charge in [0.05, 0.1) is 11.1 Å². The highest BCUT2D eigenvalue weighted by molar-refractivity contribution is 6.26. The Bertz CT molecular complexity index is 1000. The van der Waals surface area contributed by atoms with E-state index in [-0.39, 0.29) is 42.3 Å². The maximum atomic E-state index is 13.0. The Kier molecular flexibility index (Phi) is 5.31. The fraction of sp³-hybridized carbons (Fsp3) is 0.250. The Balaban J connectivity index is 2.15. The number of carbonyl (C=O) groups is 5. The van der Waals surface area contributed by atoms with Gasteiger partial charge >= 0.3 is 5.97 Å². The number of benzene rings is 2. The number of hydrogen-bond acceptors (Lipinski definition) is 5. The van der Waals surface area contributed by atoms with Gasteiger partial charge in [-0.15, -0.1) is 0 Å². The van der Waals surface area contributed by atoms with Crippen LogP contribution in [0.4, 0.5) is 11.4 Å². The highest BCUT2D eigenvalue weighted by Crippen LogP contribution is 2.35. The second-order valence-electron chi connectivity index (χ2n) is 6.77. The van der Waals surface area contributed by atoms with Gasteiger partial charge in [0.15, 0.2) is 0 Å². The number of nitrogens with zero attached hydrogens (tertiary/aromatic N) is 1. The Morgan fingerprint density at radius 1 is 0.897 bits per heavy atom. The normalized spacial score (nSPS) is 12.8. The molecule has 0 spiro atoms. The number of carboxylic acid groups (broad SMARTS) is 1. The lowest BCUT2D eigenvalue weighted by atomic mass is 9.92. The second-order valence-corrected chi connectivity index (χ2v) is 6.77. The summed E-state index contributed by atoms with van der Waals surface area (Å²) >= 11 is 0. The van der Waals surface area contributed by atoms with Crippen LogP contribution in [0.3, 0.4) is 0 Å². The molecule has 29 heavy (non-hydrogen) atoms. The van der Waals surface area contributed by atoms with Crippen LogP contribution in [0.1, 0.15) is 47.4 Å². The number of hydrogen-bond donors (Lipinski definition) is 3. The maximum Gasteiger partial charge on any atom is 0.303 e. The molecule has 0 fully saturated rings. The summed E-state index contributed by atoms with van der Waals surface area (Å²) in [6.45, 7) is 2.61. The molecule has 9 heteroatoms. The molecule has 1 aliphatic rings. The van der Waals surface area contributed by atoms with Crippen LogP contribution in [-0.4, -0.2) is 46.1 Å². The summed E-state index contributed by atoms with van der Waals surface area (Å²) in [4.78, 5) is 60.7. The molecule has 4 amide bonds. The Labute approximate surface area is 165 Å². The molecule has 2 aromatic carbocycles. The van der Waals surface area contributed by atoms with E-state index in [0.29, 0.717) is 22.1 Å². The summed E-state index contributed by atoms with van der Waals surface area (Å²) in [7, 11) is 0. The van der Waals surface area contributed by atoms with Crippen LogP contribution in [0.2, 0.25) is 0 Å². The molecule has 0 aromatic heterocycles. The molecule has 150 valence electrons. The van der Waals surface area contributed by atoms with Gasteiger partial charge in [-0.05, 0) is 36.1 Å². The van der Waals surface area contributed by atoms with Crippen molar-refractivity contribution in [2.24, 2.45) is 0 Å². The molecule has 0 saturated carbocycles. The average molecular weight is 397 g/mol. The smallest absolute Gasteiger partial charge is 0.303 e. The molecule has 2 aromatic rings. The van der Waals surface area contributed by atoms with Gasteiger partial charge < -0.3 is 15.7 Å². The molecule has 0 unspecified atom stereocenters. The van der Waals surface area contributed by atoms with Gasteiger partial charge in [0, 0.05) is 43.6 Å². The van der Waals surface area contributed by atoms with Gasteiger partial charge in [-0.1, -0.05) is 0 Å². The van der Waals surface area contributed by atoms with E-state index in [2.05, 4.69) is 10.6 Å². The SMILES string of the molecule is CC(=O)Nc1cc2c3c(cc(NC(C)=O)cc3c1)C(=O)N(CCCC(=O)O)C2=O. The molecular weight excluding hydrogens is 378 g/mol. The Morgan fingerprint density at radius 2 is 1.38 bits per heavy atom. The number of carbonyl (C=O) groups excluding carboxylic acids is 4. The summed E-state index contributed by atoms with van der Waals surface area (Å²) in [5.41, 5.74) is 1.20. The first-order valence-corrected chi connectivity index (χ1v) is 8.92. The number of nitrogens with one attached hydrogen (secondary N) is 2. The molecular formula is C20H19N3O6. The number of rotatable bonds is 6. The zero-order valence-electron chi connectivity index (χ0n) is 15.9. The summed E-state index contributed by atoms with van der Waals surface area (Å²) in [5, 5.41) is 15.0. The monoisotopic (exact) mass is 397 g/mol. The third-order valence-electron chi connectivity index (χ3n) is 4.41. The van der Waals surface area contributed by atoms with Crippen molar-refractivity contribution in [1.82, 2.24) is 4.90 Å². The van der Waals surface area contributed by atoms with Crippen molar-refractivity contribution < 1.29 is 29.1 Å². The van der Waals surface area contributed by atoms with Gasteiger partial charge in [0.1, 0.15) is 0 Å². The van der Waals surface area contributed by atoms with E-state index in [0.717, 1.165) is 4.90 Å². The predicted molar refractivity (Wildman–Crippen MR) is 105 cm³/mol. The van der Waals surface area contributed by atoms with Crippen molar-refractivity contribution in [3.05, 3.63) is 35.4 Å². The highest BCUT2D eigenvalue weighted by atomic mass is 16.4. The zero-order chi connectivity index (χ0) is 21.3. The maximum absolute atomic E-state index is 13.0. The van der Waals surface area contributed by atoms with Crippen molar-refractivity contribution >= 4 is 51.7 Å². The Hall–Kier alpha value is -3.75. The van der Waals surface area contributed by atoms with Crippen molar-refractivity contribution in [2.75, 3.05) is 17.2 Å². The minimum atomic E-state index is -1.02. The largest absolute Gasteiger partial charge is 0.481 e. The van der Waals surface area contributed by atoms with Gasteiger partial charge in [0.2, 0.25) is 11.8 Å². The zero-order valence-corrected chi connectivity index (χ0v) is 15.9. The summed E-state index contributed by atoms with van der Waals surface area (Å²) in [5.74, 6) is -2.79. The average Bonchev–Trinajstić information content (AvgIpc) is 2.60. The quantitative estimate of drug-likeness (QED) is 0.640. The summed E-state index contributed by atoms with van der Waals surface area (Å²) in [6, 6.07) is 6.22. The van der Waals surface area contributed by atoms with E-state index in [1.165, 1.54) is 26.0 Å². The van der Waals surface area contributed by atoms with Crippen LogP contribution in [0.25, 0.3) is 10.8 Å². The minimum Gasteiger partial charge on any atom is -0.481 e. The van der Waals surface area contributed by atoms with Crippen LogP contribution >= 0.6 is 0 Å². The molecule has 0 radical (unpaired) electrons. The van der Waals surface area contributed by atoms with E-state index >= 15 is 0 Å². The first-order chi connectivity index (χ1) is 13.7. The number of aliphatic carboxylic acids is 1. The number of anilines is 2. The lowest BCUT2D eigenvalue weighted by molar-refractivity contribution is -0.137. The molecule has 9 nitrogen and oxygen atoms in total. The van der Waals surface area contributed by atoms with E-state index in [1.807, 2.05) is 0 Å². The van der Waals surface area contributed by atoms with Gasteiger partial charge in [0.25, 0.3) is 11.8 Å². The van der Waals surface area contributed by atoms with E-state index in [4.69, 9.17) is 5.11 Å². The topological polar surface area (TPSA) is 133 Å². The number of amides is 4. The minimum absolute atomic E-state index is 0.0559. The molecule has 0 saturated heterocycles. The van der Waals surface area contributed by atoms with Crippen LogP contribution in [-0.2, 0) is 14.4 Å². The number of carboxylic acids is 1. The first kappa shape index (κ1) is 20.0. The number of imide groups is 1. The van der Waals surface area contributed by atoms with Crippen molar-refractivity contribution in [3.8, 4) is 0 Å². The fourth-order valence-corrected chi connectivity index (χ4v) is 3.38. The summed E-state index contributed by atoms with van der Waals surface area (Å²) < 4.78 is 0. The molecule has 0 aliphatic carbocycles. The van der Waals surface area contributed by atoms with Crippen LogP contribution in [0, 0.1) is 0 Å². The molecule has 1 aliphatic heterocycles. The highest BCUT2D eigenvalue weighted by Gasteiger charge is 2.33. The van der Waals surface area contributed by atoms with Crippen molar-refractivity contribution in [2.45, 2.75) is 26.7 Å². The second kappa shape index (κ2) is 7.70. The molecule has 1 heterocycles. The van der Waals surface area contributed by atoms with Crippen LogP contribution < -0.4 is 10.6 Å². The molecule has 0 bridgehead atoms. The molecule has 3 N–H and O–H groups in total. The first-order valence-electron chi connectivity index (χ1n) is 8.92. The van der Waals surface area contributed by atoms with E-state index in [1.54, 1.807) is 12.1 Å². The molecule has 0 atom stereocenters.